The number of nitrogens with one attached hydrogen (secondary N) is 1. The highest BCUT2D eigenvalue weighted by Gasteiger charge is 2.64. The number of amides is 2. The van der Waals surface area contributed by atoms with Crippen LogP contribution in [0, 0.1) is 0 Å². The molecule has 0 aromatic heterocycles. The molecule has 7 nitrogen and oxygen atoms in total. The van der Waals surface area contributed by atoms with Gasteiger partial charge in [0.2, 0.25) is 5.91 Å². The number of carbonyl (C=O) groups excluding carboxylic acids is 3. The summed E-state index contributed by atoms with van der Waals surface area (Å²) in [6.45, 7) is 3.61. The fraction of sp³-hybridized carbons (Fsp3) is 0.471. The number of β-lactam (4-membered cyclic amide) rings is 1. The predicted molar refractivity (Wildman–Crippen MR) is 92.0 cm³/mol. The third-order valence-corrected chi connectivity index (χ3v) is 5.87. The van der Waals surface area contributed by atoms with Gasteiger partial charge in [-0.3, -0.25) is 9.59 Å². The van der Waals surface area contributed by atoms with E-state index in [4.69, 9.17) is 9.47 Å². The van der Waals surface area contributed by atoms with Crippen molar-refractivity contribution >= 4 is 29.5 Å². The molecule has 25 heavy (non-hydrogen) atoms. The van der Waals surface area contributed by atoms with Crippen LogP contribution in [0.15, 0.2) is 30.3 Å². The van der Waals surface area contributed by atoms with Crippen LogP contribution in [0.25, 0.3) is 0 Å². The van der Waals surface area contributed by atoms with Gasteiger partial charge in [0.25, 0.3) is 5.91 Å². The third-order valence-electron chi connectivity index (χ3n) is 4.30. The average Bonchev–Trinajstić information content (AvgIpc) is 2.86. The minimum atomic E-state index is -0.647. The maximum absolute atomic E-state index is 12.4. The van der Waals surface area contributed by atoms with Crippen LogP contribution in [0.1, 0.15) is 13.8 Å². The van der Waals surface area contributed by atoms with E-state index in [0.29, 0.717) is 5.75 Å². The van der Waals surface area contributed by atoms with Crippen molar-refractivity contribution in [3.63, 3.8) is 0 Å². The maximum Gasteiger partial charge on any atom is 0.330 e. The Morgan fingerprint density at radius 1 is 1.28 bits per heavy atom. The normalized spacial score (nSPS) is 26.4. The highest BCUT2D eigenvalue weighted by atomic mass is 32.2. The molecule has 1 aromatic rings. The third kappa shape index (κ3) is 3.18. The van der Waals surface area contributed by atoms with Crippen LogP contribution in [-0.4, -0.2) is 58.6 Å². The molecule has 2 heterocycles. The molecule has 1 N–H and O–H groups in total. The van der Waals surface area contributed by atoms with E-state index in [1.54, 1.807) is 12.1 Å². The van der Waals surface area contributed by atoms with E-state index in [9.17, 15) is 14.4 Å². The highest BCUT2D eigenvalue weighted by molar-refractivity contribution is 8.01. The predicted octanol–water partition coefficient (Wildman–Crippen LogP) is 0.786. The summed E-state index contributed by atoms with van der Waals surface area (Å²) >= 11 is 1.49. The number of thioether (sulfide) groups is 1. The zero-order valence-corrected chi connectivity index (χ0v) is 15.0. The van der Waals surface area contributed by atoms with Crippen molar-refractivity contribution in [2.75, 3.05) is 13.7 Å². The summed E-state index contributed by atoms with van der Waals surface area (Å²) < 4.78 is 9.73. The second-order valence-electron chi connectivity index (χ2n) is 6.43. The Bertz CT molecular complexity index is 694. The van der Waals surface area contributed by atoms with Crippen molar-refractivity contribution in [1.29, 1.82) is 0 Å². The molecule has 3 atom stereocenters. The van der Waals surface area contributed by atoms with Gasteiger partial charge in [-0.15, -0.1) is 11.8 Å². The number of carbonyl (C=O) groups is 3. The SMILES string of the molecule is COC(=O)C1N2C(=O)[C@@H](NC(=O)COc3ccccc3)[C@H]2SC1(C)C. The van der Waals surface area contributed by atoms with Crippen molar-refractivity contribution < 1.29 is 23.9 Å². The number of esters is 1. The van der Waals surface area contributed by atoms with Gasteiger partial charge in [0.15, 0.2) is 6.61 Å². The molecule has 134 valence electrons. The Labute approximate surface area is 150 Å². The Hall–Kier alpha value is -2.22. The zero-order valence-electron chi connectivity index (χ0n) is 14.2. The Morgan fingerprint density at radius 3 is 2.60 bits per heavy atom. The number of methoxy groups -OCH3 is 1. The number of hydrogen-bond donors (Lipinski definition) is 1. The van der Waals surface area contributed by atoms with Gasteiger partial charge in [0.05, 0.1) is 7.11 Å². The lowest BCUT2D eigenvalue weighted by Crippen LogP contribution is -2.71. The molecular weight excluding hydrogens is 344 g/mol. The van der Waals surface area contributed by atoms with E-state index < -0.39 is 22.8 Å². The van der Waals surface area contributed by atoms with Crippen molar-refractivity contribution in [2.45, 2.75) is 36.1 Å². The number of fused-ring (bicyclic) bond motifs is 1. The molecule has 2 aliphatic rings. The first kappa shape index (κ1) is 17.6. The average molecular weight is 364 g/mol. The highest BCUT2D eigenvalue weighted by Crippen LogP contribution is 2.50. The lowest BCUT2D eigenvalue weighted by molar-refractivity contribution is -0.162. The first-order valence-corrected chi connectivity index (χ1v) is 8.78. The Balaban J connectivity index is 1.59. The van der Waals surface area contributed by atoms with Crippen LogP contribution in [0.3, 0.4) is 0 Å². The van der Waals surface area contributed by atoms with Crippen LogP contribution in [0.4, 0.5) is 0 Å². The van der Waals surface area contributed by atoms with Crippen molar-refractivity contribution in [3.05, 3.63) is 30.3 Å². The molecule has 1 aromatic carbocycles. The number of hydrogen-bond acceptors (Lipinski definition) is 6. The molecule has 0 radical (unpaired) electrons. The molecule has 0 saturated carbocycles. The molecule has 2 saturated heterocycles. The summed E-state index contributed by atoms with van der Waals surface area (Å²) in [6, 6.07) is 7.68. The zero-order chi connectivity index (χ0) is 18.2. The monoisotopic (exact) mass is 364 g/mol. The van der Waals surface area contributed by atoms with E-state index in [2.05, 4.69) is 5.32 Å². The quantitative estimate of drug-likeness (QED) is 0.614. The van der Waals surface area contributed by atoms with Gasteiger partial charge in [0, 0.05) is 4.75 Å². The number of nitrogens with zero attached hydrogens (tertiary/aromatic N) is 1. The van der Waals surface area contributed by atoms with E-state index in [0.717, 1.165) is 0 Å². The number of ether oxygens (including phenoxy) is 2. The topological polar surface area (TPSA) is 84.9 Å². The molecule has 0 aliphatic carbocycles. The second-order valence-corrected chi connectivity index (χ2v) is 8.20. The molecule has 3 rings (SSSR count). The summed E-state index contributed by atoms with van der Waals surface area (Å²) in [7, 11) is 1.31. The molecule has 2 fully saturated rings. The second kappa shape index (κ2) is 6.59. The number of rotatable bonds is 5. The summed E-state index contributed by atoms with van der Waals surface area (Å²) in [5, 5.41) is 2.42. The molecule has 2 aliphatic heterocycles. The molecular formula is C17H20N2O5S. The van der Waals surface area contributed by atoms with Crippen LogP contribution >= 0.6 is 11.8 Å². The van der Waals surface area contributed by atoms with Gasteiger partial charge in [0.1, 0.15) is 23.2 Å². The minimum Gasteiger partial charge on any atom is -0.484 e. The van der Waals surface area contributed by atoms with Crippen molar-refractivity contribution in [1.82, 2.24) is 10.2 Å². The minimum absolute atomic E-state index is 0.172. The van der Waals surface area contributed by atoms with Crippen molar-refractivity contribution in [2.24, 2.45) is 0 Å². The first-order valence-electron chi connectivity index (χ1n) is 7.90. The van der Waals surface area contributed by atoms with Crippen LogP contribution in [-0.2, 0) is 19.1 Å². The number of para-hydroxylation sites is 1. The number of benzene rings is 1. The van der Waals surface area contributed by atoms with Crippen LogP contribution in [0.5, 0.6) is 5.75 Å². The maximum atomic E-state index is 12.4. The Morgan fingerprint density at radius 2 is 1.96 bits per heavy atom. The smallest absolute Gasteiger partial charge is 0.330 e. The van der Waals surface area contributed by atoms with Gasteiger partial charge in [-0.1, -0.05) is 18.2 Å². The lowest BCUT2D eigenvalue weighted by atomic mass is 9.96. The fourth-order valence-electron chi connectivity index (χ4n) is 3.12. The lowest BCUT2D eigenvalue weighted by Gasteiger charge is -2.43. The Kier molecular flexibility index (Phi) is 4.64. The first-order chi connectivity index (χ1) is 11.8. The molecule has 8 heteroatoms. The summed E-state index contributed by atoms with van der Waals surface area (Å²) in [5.41, 5.74) is 0. The molecule has 0 bridgehead atoms. The molecule has 2 amide bonds. The van der Waals surface area contributed by atoms with Crippen LogP contribution in [0.2, 0.25) is 0 Å². The van der Waals surface area contributed by atoms with Gasteiger partial charge in [-0.25, -0.2) is 4.79 Å². The van der Waals surface area contributed by atoms with E-state index in [1.807, 2.05) is 32.0 Å². The van der Waals surface area contributed by atoms with Crippen molar-refractivity contribution in [3.8, 4) is 5.75 Å². The molecule has 0 spiro atoms. The van der Waals surface area contributed by atoms with E-state index in [-0.39, 0.29) is 23.8 Å². The summed E-state index contributed by atoms with van der Waals surface area (Å²) in [4.78, 5) is 38.0. The van der Waals surface area contributed by atoms with E-state index in [1.165, 1.54) is 23.8 Å². The van der Waals surface area contributed by atoms with E-state index >= 15 is 0 Å². The van der Waals surface area contributed by atoms with Gasteiger partial charge in [-0.2, -0.15) is 0 Å². The van der Waals surface area contributed by atoms with Gasteiger partial charge in [-0.05, 0) is 26.0 Å². The van der Waals surface area contributed by atoms with Crippen LogP contribution < -0.4 is 10.1 Å². The summed E-state index contributed by atoms with van der Waals surface area (Å²) in [6.07, 6.45) is 0. The summed E-state index contributed by atoms with van der Waals surface area (Å²) in [5.74, 6) is -0.500. The standard InChI is InChI=1S/C17H20N2O5S/c1-17(2)13(16(22)23-3)19-14(21)12(15(19)25-17)18-11(20)9-24-10-7-5-4-6-8-10/h4-8,12-13,15H,9H2,1-3H3,(H,18,20)/t12-,13?,15-/m1/s1. The molecule has 1 unspecified atom stereocenters. The largest absolute Gasteiger partial charge is 0.484 e. The van der Waals surface area contributed by atoms with Gasteiger partial charge < -0.3 is 19.7 Å². The van der Waals surface area contributed by atoms with Gasteiger partial charge >= 0.3 is 5.97 Å². The fourth-order valence-corrected chi connectivity index (χ4v) is 4.74.